The Kier molecular flexibility index (Phi) is 4.10. The normalized spacial score (nSPS) is 12.4. The predicted octanol–water partition coefficient (Wildman–Crippen LogP) is 3.32. The highest BCUT2D eigenvalue weighted by molar-refractivity contribution is 9.10. The van der Waals surface area contributed by atoms with Gasteiger partial charge in [-0.1, -0.05) is 34.1 Å². The van der Waals surface area contributed by atoms with Gasteiger partial charge in [0.1, 0.15) is 0 Å². The molecule has 2 N–H and O–H groups in total. The van der Waals surface area contributed by atoms with E-state index in [0.29, 0.717) is 6.42 Å². The van der Waals surface area contributed by atoms with Gasteiger partial charge in [-0.25, -0.2) is 0 Å². The van der Waals surface area contributed by atoms with Gasteiger partial charge in [0.25, 0.3) is 0 Å². The highest BCUT2D eigenvalue weighted by Gasteiger charge is 2.16. The molecule has 0 aliphatic carbocycles. The fourth-order valence-corrected chi connectivity index (χ4v) is 2.55. The minimum atomic E-state index is -0.501. The summed E-state index contributed by atoms with van der Waals surface area (Å²) < 4.78 is 1.01. The van der Waals surface area contributed by atoms with Gasteiger partial charge in [-0.2, -0.15) is 0 Å². The Labute approximate surface area is 113 Å². The minimum Gasteiger partial charge on any atom is -0.317 e. The maximum absolute atomic E-state index is 12.0. The molecule has 17 heavy (non-hydrogen) atoms. The van der Waals surface area contributed by atoms with Crippen LogP contribution in [0.3, 0.4) is 0 Å². The summed E-state index contributed by atoms with van der Waals surface area (Å²) >= 11 is 4.88. The van der Waals surface area contributed by atoms with Crippen LogP contribution in [0.4, 0.5) is 0 Å². The van der Waals surface area contributed by atoms with Gasteiger partial charge in [0.05, 0.1) is 6.04 Å². The molecule has 0 bridgehead atoms. The van der Waals surface area contributed by atoms with Gasteiger partial charge in [-0.05, 0) is 29.1 Å². The zero-order chi connectivity index (χ0) is 12.3. The van der Waals surface area contributed by atoms with E-state index in [0.717, 1.165) is 14.9 Å². The Bertz CT molecular complexity index is 493. The zero-order valence-electron chi connectivity index (χ0n) is 9.10. The van der Waals surface area contributed by atoms with Gasteiger partial charge >= 0.3 is 0 Å². The quantitative estimate of drug-likeness (QED) is 0.941. The highest BCUT2D eigenvalue weighted by atomic mass is 79.9. The average molecular weight is 310 g/mol. The molecule has 2 nitrogen and oxygen atoms in total. The molecule has 0 saturated carbocycles. The van der Waals surface area contributed by atoms with Crippen LogP contribution in [0, 0.1) is 0 Å². The van der Waals surface area contributed by atoms with Crippen molar-refractivity contribution in [3.05, 3.63) is 56.7 Å². The standard InChI is InChI=1S/C13H12BrNOS/c14-10-5-3-9(4-6-10)8-11(16)13(15)12-2-1-7-17-12/h1-7,13H,8,15H2. The lowest BCUT2D eigenvalue weighted by Crippen LogP contribution is -2.22. The molecule has 1 unspecified atom stereocenters. The molecule has 1 aromatic heterocycles. The molecular weight excluding hydrogens is 298 g/mol. The number of hydrogen-bond donors (Lipinski definition) is 1. The summed E-state index contributed by atoms with van der Waals surface area (Å²) in [7, 11) is 0. The van der Waals surface area contributed by atoms with Crippen molar-refractivity contribution < 1.29 is 4.79 Å². The Balaban J connectivity index is 2.04. The van der Waals surface area contributed by atoms with Gasteiger partial charge in [0, 0.05) is 15.8 Å². The van der Waals surface area contributed by atoms with Gasteiger partial charge in [0.15, 0.2) is 5.78 Å². The number of nitrogens with two attached hydrogens (primary N) is 1. The van der Waals surface area contributed by atoms with Crippen molar-refractivity contribution in [1.82, 2.24) is 0 Å². The smallest absolute Gasteiger partial charge is 0.159 e. The van der Waals surface area contributed by atoms with E-state index in [9.17, 15) is 4.79 Å². The second-order valence-electron chi connectivity index (χ2n) is 3.76. The number of rotatable bonds is 4. The van der Waals surface area contributed by atoms with Crippen molar-refractivity contribution in [3.63, 3.8) is 0 Å². The minimum absolute atomic E-state index is 0.0507. The first kappa shape index (κ1) is 12.5. The van der Waals surface area contributed by atoms with Gasteiger partial charge < -0.3 is 5.73 Å². The summed E-state index contributed by atoms with van der Waals surface area (Å²) in [6, 6.07) is 11.0. The van der Waals surface area contributed by atoms with E-state index >= 15 is 0 Å². The molecule has 2 rings (SSSR count). The van der Waals surface area contributed by atoms with Crippen LogP contribution in [0.5, 0.6) is 0 Å². The monoisotopic (exact) mass is 309 g/mol. The summed E-state index contributed by atoms with van der Waals surface area (Å²) in [5.41, 5.74) is 6.90. The van der Waals surface area contributed by atoms with Crippen molar-refractivity contribution >= 4 is 33.0 Å². The molecule has 1 heterocycles. The average Bonchev–Trinajstić information content (AvgIpc) is 2.84. The molecule has 0 radical (unpaired) electrons. The van der Waals surface area contributed by atoms with Crippen LogP contribution in [0.2, 0.25) is 0 Å². The van der Waals surface area contributed by atoms with Crippen LogP contribution in [0.25, 0.3) is 0 Å². The highest BCUT2D eigenvalue weighted by Crippen LogP contribution is 2.19. The first-order valence-corrected chi connectivity index (χ1v) is 6.90. The SMILES string of the molecule is NC(C(=O)Cc1ccc(Br)cc1)c1cccs1. The summed E-state index contributed by atoms with van der Waals surface area (Å²) in [6.07, 6.45) is 0.381. The molecule has 0 aliphatic heterocycles. The second-order valence-corrected chi connectivity index (χ2v) is 5.66. The predicted molar refractivity (Wildman–Crippen MR) is 74.1 cm³/mol. The Morgan fingerprint density at radius 3 is 2.59 bits per heavy atom. The number of halogens is 1. The van der Waals surface area contributed by atoms with E-state index in [4.69, 9.17) is 5.73 Å². The number of carbonyl (C=O) groups excluding carboxylic acids is 1. The molecule has 4 heteroatoms. The topological polar surface area (TPSA) is 43.1 Å². The molecule has 0 aliphatic rings. The van der Waals surface area contributed by atoms with Crippen LogP contribution in [0.15, 0.2) is 46.3 Å². The number of benzene rings is 1. The molecule has 0 saturated heterocycles. The second kappa shape index (κ2) is 5.58. The van der Waals surface area contributed by atoms with Crippen LogP contribution in [0.1, 0.15) is 16.5 Å². The number of Topliss-reactive ketones (excluding diaryl/α,β-unsaturated/α-hetero) is 1. The summed E-state index contributed by atoms with van der Waals surface area (Å²) in [6.45, 7) is 0. The third-order valence-corrected chi connectivity index (χ3v) is 3.97. The first-order valence-electron chi connectivity index (χ1n) is 5.23. The van der Waals surface area contributed by atoms with E-state index < -0.39 is 6.04 Å². The van der Waals surface area contributed by atoms with Crippen molar-refractivity contribution in [1.29, 1.82) is 0 Å². The van der Waals surface area contributed by atoms with E-state index in [2.05, 4.69) is 15.9 Å². The lowest BCUT2D eigenvalue weighted by molar-refractivity contribution is -0.119. The fraction of sp³-hybridized carbons (Fsp3) is 0.154. The van der Waals surface area contributed by atoms with Crippen LogP contribution in [-0.4, -0.2) is 5.78 Å². The Morgan fingerprint density at radius 2 is 2.00 bits per heavy atom. The van der Waals surface area contributed by atoms with Gasteiger partial charge in [-0.3, -0.25) is 4.79 Å². The maximum Gasteiger partial charge on any atom is 0.159 e. The lowest BCUT2D eigenvalue weighted by Gasteiger charge is -2.08. The molecule has 88 valence electrons. The van der Waals surface area contributed by atoms with E-state index in [1.54, 1.807) is 0 Å². The van der Waals surface area contributed by atoms with Crippen molar-refractivity contribution in [2.45, 2.75) is 12.5 Å². The molecular formula is C13H12BrNOS. The molecule has 2 aromatic rings. The number of thiophene rings is 1. The number of hydrogen-bond acceptors (Lipinski definition) is 3. The van der Waals surface area contributed by atoms with Crippen LogP contribution >= 0.6 is 27.3 Å². The summed E-state index contributed by atoms with van der Waals surface area (Å²) in [5, 5.41) is 1.93. The lowest BCUT2D eigenvalue weighted by atomic mass is 10.0. The molecule has 1 atom stereocenters. The van der Waals surface area contributed by atoms with E-state index in [-0.39, 0.29) is 5.78 Å². The number of carbonyl (C=O) groups is 1. The van der Waals surface area contributed by atoms with E-state index in [1.807, 2.05) is 41.8 Å². The largest absolute Gasteiger partial charge is 0.317 e. The molecule has 0 spiro atoms. The van der Waals surface area contributed by atoms with Gasteiger partial charge in [-0.15, -0.1) is 11.3 Å². The molecule has 1 aromatic carbocycles. The number of ketones is 1. The van der Waals surface area contributed by atoms with Gasteiger partial charge in [0.2, 0.25) is 0 Å². The third kappa shape index (κ3) is 3.25. The molecule has 0 fully saturated rings. The summed E-state index contributed by atoms with van der Waals surface area (Å²) in [5.74, 6) is 0.0507. The third-order valence-electron chi connectivity index (χ3n) is 2.49. The van der Waals surface area contributed by atoms with Crippen LogP contribution in [-0.2, 0) is 11.2 Å². The van der Waals surface area contributed by atoms with E-state index in [1.165, 1.54) is 11.3 Å². The van der Waals surface area contributed by atoms with Crippen LogP contribution < -0.4 is 5.73 Å². The fourth-order valence-electron chi connectivity index (χ4n) is 1.54. The zero-order valence-corrected chi connectivity index (χ0v) is 11.5. The Morgan fingerprint density at radius 1 is 1.29 bits per heavy atom. The Hall–Kier alpha value is -0.970. The molecule has 0 amide bonds. The van der Waals surface area contributed by atoms with Crippen molar-refractivity contribution in [2.24, 2.45) is 5.73 Å². The van der Waals surface area contributed by atoms with Crippen molar-refractivity contribution in [3.8, 4) is 0 Å². The first-order chi connectivity index (χ1) is 8.16. The van der Waals surface area contributed by atoms with Crippen molar-refractivity contribution in [2.75, 3.05) is 0 Å². The summed E-state index contributed by atoms with van der Waals surface area (Å²) in [4.78, 5) is 12.9. The maximum atomic E-state index is 12.0.